The number of aliphatic carboxylic acids is 2. The van der Waals surface area contributed by atoms with Crippen LogP contribution in [0.5, 0.6) is 0 Å². The molecular weight excluding hydrogens is 426 g/mol. The van der Waals surface area contributed by atoms with Crippen LogP contribution < -0.4 is 27.4 Å². The Kier molecular flexibility index (Phi) is 11.9. The zero-order valence-corrected chi connectivity index (χ0v) is 18.6. The fraction of sp³-hybridized carbons (Fsp3) is 0.684. The number of carbonyl (C=O) groups is 6. The van der Waals surface area contributed by atoms with E-state index in [0.29, 0.717) is 0 Å². The Morgan fingerprint density at radius 1 is 0.781 bits per heavy atom. The van der Waals surface area contributed by atoms with E-state index in [1.165, 1.54) is 0 Å². The van der Waals surface area contributed by atoms with E-state index in [9.17, 15) is 33.9 Å². The molecule has 32 heavy (non-hydrogen) atoms. The fourth-order valence-electron chi connectivity index (χ4n) is 2.71. The number of rotatable bonds is 14. The minimum atomic E-state index is -1.51. The Morgan fingerprint density at radius 3 is 1.69 bits per heavy atom. The van der Waals surface area contributed by atoms with Gasteiger partial charge in [0.05, 0.1) is 18.9 Å². The van der Waals surface area contributed by atoms with Gasteiger partial charge in [0.15, 0.2) is 0 Å². The van der Waals surface area contributed by atoms with Crippen LogP contribution in [0.4, 0.5) is 0 Å². The standard InChI is InChI=1S/C19H33N5O8/c1-8(2)5-11(18(30)24-15(9(3)4)19(31)32)23-17(29)12(7-13(21)25)22-16(28)10(20)6-14(26)27/h8-12,15H,5-7,20H2,1-4H3,(H2,21,25)(H,22,28)(H,23,29)(H,24,30)(H,26,27)(H,31,32). The summed E-state index contributed by atoms with van der Waals surface area (Å²) in [5.41, 5.74) is 10.6. The average molecular weight is 460 g/mol. The summed E-state index contributed by atoms with van der Waals surface area (Å²) in [5.74, 6) is -6.70. The summed E-state index contributed by atoms with van der Waals surface area (Å²) in [6.07, 6.45) is -1.20. The fourth-order valence-corrected chi connectivity index (χ4v) is 2.71. The van der Waals surface area contributed by atoms with Crippen LogP contribution in [0.15, 0.2) is 0 Å². The lowest BCUT2D eigenvalue weighted by Crippen LogP contribution is -2.58. The Balaban J connectivity index is 5.53. The lowest BCUT2D eigenvalue weighted by Gasteiger charge is -2.26. The lowest BCUT2D eigenvalue weighted by atomic mass is 10.00. The summed E-state index contributed by atoms with van der Waals surface area (Å²) in [5, 5.41) is 25.0. The number of carbonyl (C=O) groups excluding carboxylic acids is 4. The maximum absolute atomic E-state index is 12.7. The molecule has 4 atom stereocenters. The minimum Gasteiger partial charge on any atom is -0.481 e. The normalized spacial score (nSPS) is 14.7. The molecule has 0 aromatic heterocycles. The van der Waals surface area contributed by atoms with Crippen LogP contribution in [-0.4, -0.2) is 69.9 Å². The van der Waals surface area contributed by atoms with E-state index in [-0.39, 0.29) is 12.3 Å². The molecule has 0 bridgehead atoms. The number of carboxylic acids is 2. The first kappa shape index (κ1) is 28.8. The van der Waals surface area contributed by atoms with Gasteiger partial charge in [-0.1, -0.05) is 27.7 Å². The van der Waals surface area contributed by atoms with Gasteiger partial charge in [0.2, 0.25) is 23.6 Å². The van der Waals surface area contributed by atoms with Gasteiger partial charge in [-0.2, -0.15) is 0 Å². The first-order valence-electron chi connectivity index (χ1n) is 10.0. The third-order valence-corrected chi connectivity index (χ3v) is 4.34. The highest BCUT2D eigenvalue weighted by molar-refractivity contribution is 5.96. The van der Waals surface area contributed by atoms with Crippen LogP contribution in [0.1, 0.15) is 47.0 Å². The molecule has 0 saturated heterocycles. The average Bonchev–Trinajstić information content (AvgIpc) is 2.62. The van der Waals surface area contributed by atoms with Crippen LogP contribution in [0.25, 0.3) is 0 Å². The van der Waals surface area contributed by atoms with Crippen molar-refractivity contribution in [3.05, 3.63) is 0 Å². The molecule has 13 heteroatoms. The summed E-state index contributed by atoms with van der Waals surface area (Å²) in [4.78, 5) is 70.9. The zero-order chi connectivity index (χ0) is 25.2. The largest absolute Gasteiger partial charge is 0.481 e. The van der Waals surface area contributed by atoms with Crippen LogP contribution in [0, 0.1) is 11.8 Å². The smallest absolute Gasteiger partial charge is 0.326 e. The number of amides is 4. The van der Waals surface area contributed by atoms with Gasteiger partial charge in [-0.3, -0.25) is 24.0 Å². The van der Waals surface area contributed by atoms with Crippen LogP contribution >= 0.6 is 0 Å². The van der Waals surface area contributed by atoms with Crippen LogP contribution in [0.3, 0.4) is 0 Å². The van der Waals surface area contributed by atoms with Crippen molar-refractivity contribution < 1.29 is 39.0 Å². The molecular formula is C19H33N5O8. The minimum absolute atomic E-state index is 0.0819. The Bertz CT molecular complexity index is 725. The van der Waals surface area contributed by atoms with Crippen molar-refractivity contribution in [2.75, 3.05) is 0 Å². The summed E-state index contributed by atoms with van der Waals surface area (Å²) in [6.45, 7) is 6.76. The number of hydrogen-bond donors (Lipinski definition) is 7. The molecule has 0 aromatic rings. The first-order chi connectivity index (χ1) is 14.6. The Morgan fingerprint density at radius 2 is 1.28 bits per heavy atom. The zero-order valence-electron chi connectivity index (χ0n) is 18.6. The second-order valence-electron chi connectivity index (χ2n) is 8.20. The van der Waals surface area contributed by atoms with Crippen molar-refractivity contribution in [3.8, 4) is 0 Å². The van der Waals surface area contributed by atoms with E-state index in [4.69, 9.17) is 16.6 Å². The van der Waals surface area contributed by atoms with Gasteiger partial charge in [0.25, 0.3) is 0 Å². The van der Waals surface area contributed by atoms with Gasteiger partial charge in [0.1, 0.15) is 18.1 Å². The van der Waals surface area contributed by atoms with E-state index in [2.05, 4.69) is 16.0 Å². The number of nitrogens with two attached hydrogens (primary N) is 2. The highest BCUT2D eigenvalue weighted by Crippen LogP contribution is 2.09. The summed E-state index contributed by atoms with van der Waals surface area (Å²) in [6, 6.07) is -5.34. The van der Waals surface area contributed by atoms with E-state index < -0.39 is 78.5 Å². The maximum atomic E-state index is 12.7. The molecule has 9 N–H and O–H groups in total. The van der Waals surface area contributed by atoms with Crippen LogP contribution in [-0.2, 0) is 28.8 Å². The van der Waals surface area contributed by atoms with E-state index in [1.54, 1.807) is 27.7 Å². The second-order valence-corrected chi connectivity index (χ2v) is 8.20. The number of primary amides is 1. The summed E-state index contributed by atoms with van der Waals surface area (Å²) in [7, 11) is 0. The summed E-state index contributed by atoms with van der Waals surface area (Å²) < 4.78 is 0. The third kappa shape index (κ3) is 10.7. The quantitative estimate of drug-likeness (QED) is 0.151. The molecule has 4 unspecified atom stereocenters. The molecule has 0 fully saturated rings. The monoisotopic (exact) mass is 459 g/mol. The van der Waals surface area contributed by atoms with Crippen molar-refractivity contribution in [1.29, 1.82) is 0 Å². The molecule has 0 spiro atoms. The predicted octanol–water partition coefficient (Wildman–Crippen LogP) is -2.10. The van der Waals surface area contributed by atoms with Crippen molar-refractivity contribution >= 4 is 35.6 Å². The molecule has 0 saturated carbocycles. The van der Waals surface area contributed by atoms with E-state index >= 15 is 0 Å². The third-order valence-electron chi connectivity index (χ3n) is 4.34. The molecule has 13 nitrogen and oxygen atoms in total. The number of hydrogen-bond acceptors (Lipinski definition) is 7. The van der Waals surface area contributed by atoms with Gasteiger partial charge in [-0.15, -0.1) is 0 Å². The Hall–Kier alpha value is -3.22. The second kappa shape index (κ2) is 13.2. The van der Waals surface area contributed by atoms with Gasteiger partial charge < -0.3 is 37.6 Å². The van der Waals surface area contributed by atoms with Gasteiger partial charge in [-0.05, 0) is 18.3 Å². The molecule has 0 rings (SSSR count). The van der Waals surface area contributed by atoms with Crippen molar-refractivity contribution in [3.63, 3.8) is 0 Å². The van der Waals surface area contributed by atoms with Crippen molar-refractivity contribution in [2.24, 2.45) is 23.3 Å². The molecule has 0 aliphatic rings. The Labute approximate surface area is 185 Å². The van der Waals surface area contributed by atoms with Gasteiger partial charge in [-0.25, -0.2) is 4.79 Å². The van der Waals surface area contributed by atoms with Gasteiger partial charge >= 0.3 is 11.9 Å². The first-order valence-corrected chi connectivity index (χ1v) is 10.0. The molecule has 182 valence electrons. The highest BCUT2D eigenvalue weighted by atomic mass is 16.4. The number of nitrogens with one attached hydrogen (secondary N) is 3. The lowest BCUT2D eigenvalue weighted by molar-refractivity contribution is -0.143. The molecule has 0 radical (unpaired) electrons. The predicted molar refractivity (Wildman–Crippen MR) is 112 cm³/mol. The molecule has 0 aliphatic heterocycles. The SMILES string of the molecule is CC(C)CC(NC(=O)C(CC(N)=O)NC(=O)C(N)CC(=O)O)C(=O)NC(C(=O)O)C(C)C. The molecule has 0 aromatic carbocycles. The van der Waals surface area contributed by atoms with Crippen molar-refractivity contribution in [1.82, 2.24) is 16.0 Å². The van der Waals surface area contributed by atoms with Crippen molar-refractivity contribution in [2.45, 2.75) is 71.1 Å². The highest BCUT2D eigenvalue weighted by Gasteiger charge is 2.32. The molecule has 4 amide bonds. The maximum Gasteiger partial charge on any atom is 0.326 e. The molecule has 0 heterocycles. The summed E-state index contributed by atoms with van der Waals surface area (Å²) >= 11 is 0. The number of carboxylic acid groups (broad SMARTS) is 2. The van der Waals surface area contributed by atoms with Crippen LogP contribution in [0.2, 0.25) is 0 Å². The van der Waals surface area contributed by atoms with E-state index in [0.717, 1.165) is 0 Å². The van der Waals surface area contributed by atoms with Gasteiger partial charge in [0, 0.05) is 0 Å². The molecule has 0 aliphatic carbocycles. The van der Waals surface area contributed by atoms with E-state index in [1.807, 2.05) is 0 Å². The topological polar surface area (TPSA) is 231 Å².